The molecule has 0 radical (unpaired) electrons. The molecule has 1 aliphatic carbocycles. The fourth-order valence-corrected chi connectivity index (χ4v) is 3.69. The molecule has 5 nitrogen and oxygen atoms in total. The summed E-state index contributed by atoms with van der Waals surface area (Å²) in [4.78, 5) is 13.6. The second kappa shape index (κ2) is 6.06. The van der Waals surface area contributed by atoms with E-state index in [1.807, 2.05) is 18.5 Å². The molecule has 20 heavy (non-hydrogen) atoms. The monoisotopic (exact) mass is 275 g/mol. The fraction of sp³-hybridized carbons (Fsp3) is 0.733. The average molecular weight is 275 g/mol. The molecule has 110 valence electrons. The van der Waals surface area contributed by atoms with Gasteiger partial charge in [0.05, 0.1) is 0 Å². The van der Waals surface area contributed by atoms with Gasteiger partial charge in [-0.15, -0.1) is 0 Å². The largest absolute Gasteiger partial charge is 0.338 e. The zero-order chi connectivity index (χ0) is 13.8. The summed E-state index contributed by atoms with van der Waals surface area (Å²) in [6.07, 6.45) is 10.2. The van der Waals surface area contributed by atoms with Gasteiger partial charge in [0.1, 0.15) is 0 Å². The summed E-state index contributed by atoms with van der Waals surface area (Å²) in [6.45, 7) is 4.97. The van der Waals surface area contributed by atoms with Gasteiger partial charge in [0.2, 0.25) is 5.95 Å². The van der Waals surface area contributed by atoms with Crippen molar-refractivity contribution < 1.29 is 0 Å². The molecule has 1 aromatic heterocycles. The van der Waals surface area contributed by atoms with Gasteiger partial charge in [0.25, 0.3) is 0 Å². The number of hydrogen-bond acceptors (Lipinski definition) is 5. The molecule has 0 atom stereocenters. The molecule has 1 saturated heterocycles. The third-order valence-electron chi connectivity index (χ3n) is 4.95. The first kappa shape index (κ1) is 13.8. The maximum absolute atomic E-state index is 6.13. The first-order chi connectivity index (χ1) is 9.84. The van der Waals surface area contributed by atoms with E-state index < -0.39 is 0 Å². The van der Waals surface area contributed by atoms with Gasteiger partial charge < -0.3 is 10.6 Å². The average Bonchev–Trinajstić information content (AvgIpc) is 2.56. The van der Waals surface area contributed by atoms with Crippen LogP contribution < -0.4 is 10.6 Å². The Balaban J connectivity index is 1.63. The molecule has 2 N–H and O–H groups in total. The van der Waals surface area contributed by atoms with Crippen LogP contribution in [-0.4, -0.2) is 53.1 Å². The summed E-state index contributed by atoms with van der Waals surface area (Å²) in [5, 5.41) is 0. The second-order valence-electron chi connectivity index (χ2n) is 6.01. The standard InChI is InChI=1S/C15H25N5/c16-13-15(5-2-1-3-6-15)20-11-9-19(10-12-20)14-17-7-4-8-18-14/h4,7-8H,1-3,5-6,9-13,16H2. The van der Waals surface area contributed by atoms with Crippen molar-refractivity contribution in [3.8, 4) is 0 Å². The maximum atomic E-state index is 6.13. The predicted molar refractivity (Wildman–Crippen MR) is 80.7 cm³/mol. The van der Waals surface area contributed by atoms with Crippen LogP contribution in [0.2, 0.25) is 0 Å². The van der Waals surface area contributed by atoms with Crippen molar-refractivity contribution in [1.29, 1.82) is 0 Å². The van der Waals surface area contributed by atoms with E-state index in [1.165, 1.54) is 32.1 Å². The molecule has 0 spiro atoms. The van der Waals surface area contributed by atoms with E-state index >= 15 is 0 Å². The molecule has 0 bridgehead atoms. The van der Waals surface area contributed by atoms with Crippen LogP contribution in [0.1, 0.15) is 32.1 Å². The number of nitrogens with two attached hydrogens (primary N) is 1. The Morgan fingerprint density at radius 2 is 1.65 bits per heavy atom. The molecule has 1 aliphatic heterocycles. The third-order valence-corrected chi connectivity index (χ3v) is 4.95. The van der Waals surface area contributed by atoms with Gasteiger partial charge in [-0.05, 0) is 18.9 Å². The van der Waals surface area contributed by atoms with Gasteiger partial charge in [-0.2, -0.15) is 0 Å². The lowest BCUT2D eigenvalue weighted by Crippen LogP contribution is -2.61. The molecule has 3 rings (SSSR count). The summed E-state index contributed by atoms with van der Waals surface area (Å²) < 4.78 is 0. The van der Waals surface area contributed by atoms with Crippen molar-refractivity contribution in [1.82, 2.24) is 14.9 Å². The topological polar surface area (TPSA) is 58.3 Å². The van der Waals surface area contributed by atoms with Crippen LogP contribution in [0.25, 0.3) is 0 Å². The SMILES string of the molecule is NCC1(N2CCN(c3ncccn3)CC2)CCCCC1. The molecule has 1 saturated carbocycles. The number of aromatic nitrogens is 2. The van der Waals surface area contributed by atoms with E-state index in [0.29, 0.717) is 0 Å². The van der Waals surface area contributed by atoms with Gasteiger partial charge in [0, 0.05) is 50.7 Å². The van der Waals surface area contributed by atoms with Crippen molar-refractivity contribution >= 4 is 5.95 Å². The molecule has 2 fully saturated rings. The lowest BCUT2D eigenvalue weighted by atomic mass is 9.80. The van der Waals surface area contributed by atoms with E-state index in [2.05, 4.69) is 19.8 Å². The minimum absolute atomic E-state index is 0.266. The molecule has 0 aromatic carbocycles. The second-order valence-corrected chi connectivity index (χ2v) is 6.01. The molecule has 2 aliphatic rings. The minimum atomic E-state index is 0.266. The fourth-order valence-electron chi connectivity index (χ4n) is 3.69. The Labute approximate surface area is 121 Å². The zero-order valence-electron chi connectivity index (χ0n) is 12.2. The van der Waals surface area contributed by atoms with E-state index in [4.69, 9.17) is 5.73 Å². The summed E-state index contributed by atoms with van der Waals surface area (Å²) in [6, 6.07) is 1.87. The van der Waals surface area contributed by atoms with E-state index in [0.717, 1.165) is 38.7 Å². The highest BCUT2D eigenvalue weighted by molar-refractivity contribution is 5.29. The van der Waals surface area contributed by atoms with Crippen LogP contribution in [0.15, 0.2) is 18.5 Å². The van der Waals surface area contributed by atoms with Gasteiger partial charge >= 0.3 is 0 Å². The van der Waals surface area contributed by atoms with Crippen molar-refractivity contribution in [2.24, 2.45) is 5.73 Å². The van der Waals surface area contributed by atoms with Gasteiger partial charge in [-0.1, -0.05) is 19.3 Å². The maximum Gasteiger partial charge on any atom is 0.225 e. The number of hydrogen-bond donors (Lipinski definition) is 1. The third kappa shape index (κ3) is 2.65. The first-order valence-electron chi connectivity index (χ1n) is 7.81. The van der Waals surface area contributed by atoms with E-state index in [-0.39, 0.29) is 5.54 Å². The highest BCUT2D eigenvalue weighted by atomic mass is 15.3. The molecular formula is C15H25N5. The summed E-state index contributed by atoms with van der Waals surface area (Å²) >= 11 is 0. The van der Waals surface area contributed by atoms with Crippen molar-refractivity contribution in [3.05, 3.63) is 18.5 Å². The molecule has 1 aromatic rings. The summed E-state index contributed by atoms with van der Waals surface area (Å²) in [5.41, 5.74) is 6.40. The van der Waals surface area contributed by atoms with Crippen LogP contribution in [0.4, 0.5) is 5.95 Å². The van der Waals surface area contributed by atoms with Gasteiger partial charge in [-0.25, -0.2) is 9.97 Å². The van der Waals surface area contributed by atoms with Crippen molar-refractivity contribution in [3.63, 3.8) is 0 Å². The lowest BCUT2D eigenvalue weighted by molar-refractivity contribution is 0.0516. The lowest BCUT2D eigenvalue weighted by Gasteiger charge is -2.49. The Morgan fingerprint density at radius 1 is 1.00 bits per heavy atom. The number of piperazine rings is 1. The summed E-state index contributed by atoms with van der Waals surface area (Å²) in [7, 11) is 0. The van der Waals surface area contributed by atoms with Crippen LogP contribution in [0.3, 0.4) is 0 Å². The number of rotatable bonds is 3. The Morgan fingerprint density at radius 3 is 2.25 bits per heavy atom. The molecular weight excluding hydrogens is 250 g/mol. The first-order valence-corrected chi connectivity index (χ1v) is 7.81. The molecule has 0 unspecified atom stereocenters. The number of anilines is 1. The Kier molecular flexibility index (Phi) is 4.17. The smallest absolute Gasteiger partial charge is 0.225 e. The summed E-state index contributed by atoms with van der Waals surface area (Å²) in [5.74, 6) is 0.859. The number of nitrogens with zero attached hydrogens (tertiary/aromatic N) is 4. The van der Waals surface area contributed by atoms with E-state index in [1.54, 1.807) is 0 Å². The highest BCUT2D eigenvalue weighted by Gasteiger charge is 2.38. The minimum Gasteiger partial charge on any atom is -0.338 e. The molecule has 5 heteroatoms. The Bertz CT molecular complexity index is 408. The Hall–Kier alpha value is -1.20. The predicted octanol–water partition coefficient (Wildman–Crippen LogP) is 1.26. The van der Waals surface area contributed by atoms with E-state index in [9.17, 15) is 0 Å². The molecule has 2 heterocycles. The van der Waals surface area contributed by atoms with Crippen molar-refractivity contribution in [2.45, 2.75) is 37.6 Å². The van der Waals surface area contributed by atoms with Crippen LogP contribution in [0.5, 0.6) is 0 Å². The highest BCUT2D eigenvalue weighted by Crippen LogP contribution is 2.33. The quantitative estimate of drug-likeness (QED) is 0.900. The van der Waals surface area contributed by atoms with Crippen molar-refractivity contribution in [2.75, 3.05) is 37.6 Å². The van der Waals surface area contributed by atoms with Gasteiger partial charge in [0.15, 0.2) is 0 Å². The molecule has 0 amide bonds. The normalized spacial score (nSPS) is 23.8. The van der Waals surface area contributed by atoms with Crippen LogP contribution >= 0.6 is 0 Å². The zero-order valence-corrected chi connectivity index (χ0v) is 12.2. The van der Waals surface area contributed by atoms with Crippen LogP contribution in [-0.2, 0) is 0 Å². The van der Waals surface area contributed by atoms with Gasteiger partial charge in [-0.3, -0.25) is 4.90 Å². The van der Waals surface area contributed by atoms with Crippen LogP contribution in [0, 0.1) is 0 Å².